The molecule has 1 aliphatic rings. The zero-order valence-electron chi connectivity index (χ0n) is 16.6. The van der Waals surface area contributed by atoms with Crippen LogP contribution in [-0.2, 0) is 6.42 Å². The molecule has 0 atom stereocenters. The highest BCUT2D eigenvalue weighted by atomic mass is 79.9. The fraction of sp³-hybridized carbons (Fsp3) is 0.364. The Morgan fingerprint density at radius 3 is 2.62 bits per heavy atom. The van der Waals surface area contributed by atoms with Crippen LogP contribution in [-0.4, -0.2) is 27.6 Å². The maximum atomic E-state index is 14.2. The van der Waals surface area contributed by atoms with Crippen LogP contribution in [0.1, 0.15) is 36.9 Å². The number of aromatic nitrogens is 3. The lowest BCUT2D eigenvalue weighted by Gasteiger charge is -2.32. The first-order valence-corrected chi connectivity index (χ1v) is 10.7. The lowest BCUT2D eigenvalue weighted by molar-refractivity contribution is 0.389. The molecule has 152 valence electrons. The van der Waals surface area contributed by atoms with E-state index in [0.717, 1.165) is 53.9 Å². The molecular weight excluding hydrogens is 435 g/mol. The Bertz CT molecular complexity index is 981. The minimum atomic E-state index is -0.377. The molecular formula is C22H24BrFN4O. The van der Waals surface area contributed by atoms with E-state index in [1.165, 1.54) is 6.07 Å². The first kappa shape index (κ1) is 19.9. The summed E-state index contributed by atoms with van der Waals surface area (Å²) < 4.78 is 22.8. The van der Waals surface area contributed by atoms with Gasteiger partial charge in [0.25, 0.3) is 0 Å². The van der Waals surface area contributed by atoms with E-state index in [2.05, 4.69) is 42.3 Å². The third-order valence-corrected chi connectivity index (χ3v) is 6.25. The number of anilines is 1. The lowest BCUT2D eigenvalue weighted by atomic mass is 10.1. The average Bonchev–Trinajstić information content (AvgIpc) is 3.21. The summed E-state index contributed by atoms with van der Waals surface area (Å²) in [7, 11) is 0. The second-order valence-electron chi connectivity index (χ2n) is 7.39. The van der Waals surface area contributed by atoms with Crippen LogP contribution in [0, 0.1) is 12.7 Å². The predicted octanol–water partition coefficient (Wildman–Crippen LogP) is 5.68. The van der Waals surface area contributed by atoms with Crippen molar-refractivity contribution < 1.29 is 9.13 Å². The molecule has 29 heavy (non-hydrogen) atoms. The highest BCUT2D eigenvalue weighted by molar-refractivity contribution is 9.10. The normalized spacial score (nSPS) is 15.0. The van der Waals surface area contributed by atoms with Crippen molar-refractivity contribution in [3.05, 3.63) is 64.4 Å². The van der Waals surface area contributed by atoms with Crippen LogP contribution in [0.5, 0.6) is 11.5 Å². The van der Waals surface area contributed by atoms with E-state index >= 15 is 0 Å². The molecule has 0 saturated carbocycles. The highest BCUT2D eigenvalue weighted by Crippen LogP contribution is 2.32. The molecule has 1 aromatic carbocycles. The number of halogens is 2. The molecule has 0 aliphatic carbocycles. The minimum Gasteiger partial charge on any atom is -0.453 e. The van der Waals surface area contributed by atoms with Crippen LogP contribution in [0.4, 0.5) is 10.3 Å². The molecule has 0 spiro atoms. The second-order valence-corrected chi connectivity index (χ2v) is 8.25. The standard InChI is InChI=1S/C22H24BrFN4O/c1-3-16-12-25-22(26-13-16)27-7-4-17(5-8-27)28-9-6-18(14-28)29-21-10-15(2)19(23)11-20(21)24/h6,9-14,17H,3-5,7-8H2,1-2H3. The Kier molecular flexibility index (Phi) is 5.85. The third kappa shape index (κ3) is 4.45. The molecule has 7 heteroatoms. The first-order chi connectivity index (χ1) is 14.0. The summed E-state index contributed by atoms with van der Waals surface area (Å²) in [6.45, 7) is 5.83. The lowest BCUT2D eigenvalue weighted by Crippen LogP contribution is -2.35. The van der Waals surface area contributed by atoms with Gasteiger partial charge in [0.15, 0.2) is 11.6 Å². The zero-order valence-corrected chi connectivity index (χ0v) is 18.2. The molecule has 0 bridgehead atoms. The van der Waals surface area contributed by atoms with Gasteiger partial charge in [-0.1, -0.05) is 22.9 Å². The molecule has 5 nitrogen and oxygen atoms in total. The molecule has 1 saturated heterocycles. The van der Waals surface area contributed by atoms with E-state index < -0.39 is 0 Å². The van der Waals surface area contributed by atoms with Gasteiger partial charge in [0, 0.05) is 48.4 Å². The summed E-state index contributed by atoms with van der Waals surface area (Å²) in [5.41, 5.74) is 2.09. The Morgan fingerprint density at radius 1 is 1.21 bits per heavy atom. The summed E-state index contributed by atoms with van der Waals surface area (Å²) >= 11 is 3.34. The van der Waals surface area contributed by atoms with Gasteiger partial charge in [-0.3, -0.25) is 0 Å². The van der Waals surface area contributed by atoms with Crippen molar-refractivity contribution in [3.63, 3.8) is 0 Å². The Labute approximate surface area is 178 Å². The largest absolute Gasteiger partial charge is 0.453 e. The van der Waals surface area contributed by atoms with Gasteiger partial charge in [-0.15, -0.1) is 0 Å². The molecule has 3 heterocycles. The van der Waals surface area contributed by atoms with Crippen molar-refractivity contribution in [2.45, 2.75) is 39.2 Å². The van der Waals surface area contributed by atoms with E-state index in [9.17, 15) is 4.39 Å². The maximum Gasteiger partial charge on any atom is 0.225 e. The van der Waals surface area contributed by atoms with Crippen LogP contribution in [0.15, 0.2) is 47.5 Å². The smallest absolute Gasteiger partial charge is 0.225 e. The van der Waals surface area contributed by atoms with E-state index in [4.69, 9.17) is 4.74 Å². The fourth-order valence-corrected chi connectivity index (χ4v) is 3.89. The molecule has 0 unspecified atom stereocenters. The van der Waals surface area contributed by atoms with Gasteiger partial charge < -0.3 is 14.2 Å². The SMILES string of the molecule is CCc1cnc(N2CCC(n3ccc(Oc4cc(C)c(Br)cc4F)c3)CC2)nc1. The summed E-state index contributed by atoms with van der Waals surface area (Å²) in [6, 6.07) is 5.41. The van der Waals surface area contributed by atoms with Gasteiger partial charge in [-0.25, -0.2) is 14.4 Å². The number of aryl methyl sites for hydroxylation is 2. The number of piperidine rings is 1. The van der Waals surface area contributed by atoms with E-state index in [-0.39, 0.29) is 11.6 Å². The topological polar surface area (TPSA) is 43.2 Å². The molecule has 1 aliphatic heterocycles. The molecule has 2 aromatic heterocycles. The number of nitrogens with zero attached hydrogens (tertiary/aromatic N) is 4. The Hall–Kier alpha value is -2.41. The molecule has 0 N–H and O–H groups in total. The fourth-order valence-electron chi connectivity index (χ4n) is 3.57. The maximum absolute atomic E-state index is 14.2. The average molecular weight is 459 g/mol. The van der Waals surface area contributed by atoms with Gasteiger partial charge in [0.2, 0.25) is 5.95 Å². The Morgan fingerprint density at radius 2 is 1.93 bits per heavy atom. The van der Waals surface area contributed by atoms with Gasteiger partial charge >= 0.3 is 0 Å². The zero-order chi connectivity index (χ0) is 20.4. The second kappa shape index (κ2) is 8.53. The van der Waals surface area contributed by atoms with Crippen molar-refractivity contribution >= 4 is 21.9 Å². The van der Waals surface area contributed by atoms with Crippen molar-refractivity contribution in [1.29, 1.82) is 0 Å². The van der Waals surface area contributed by atoms with Crippen LogP contribution in [0.25, 0.3) is 0 Å². The van der Waals surface area contributed by atoms with Crippen LogP contribution < -0.4 is 9.64 Å². The molecule has 4 rings (SSSR count). The molecule has 0 amide bonds. The number of ether oxygens (including phenoxy) is 1. The number of benzene rings is 1. The van der Waals surface area contributed by atoms with Crippen LogP contribution >= 0.6 is 15.9 Å². The van der Waals surface area contributed by atoms with Gasteiger partial charge in [0.05, 0.1) is 0 Å². The van der Waals surface area contributed by atoms with Gasteiger partial charge in [-0.2, -0.15) is 0 Å². The quantitative estimate of drug-likeness (QED) is 0.492. The predicted molar refractivity (Wildman–Crippen MR) is 115 cm³/mol. The van der Waals surface area contributed by atoms with E-state index in [1.807, 2.05) is 37.8 Å². The first-order valence-electron chi connectivity index (χ1n) is 9.90. The van der Waals surface area contributed by atoms with E-state index in [0.29, 0.717) is 11.8 Å². The molecule has 3 aromatic rings. The third-order valence-electron chi connectivity index (χ3n) is 5.40. The van der Waals surface area contributed by atoms with Crippen molar-refractivity contribution in [2.24, 2.45) is 0 Å². The van der Waals surface area contributed by atoms with E-state index in [1.54, 1.807) is 6.07 Å². The summed E-state index contributed by atoms with van der Waals surface area (Å²) in [6.07, 6.45) is 10.7. The number of hydrogen-bond acceptors (Lipinski definition) is 4. The minimum absolute atomic E-state index is 0.242. The number of rotatable bonds is 5. The summed E-state index contributed by atoms with van der Waals surface area (Å²) in [5.74, 6) is 1.31. The Balaban J connectivity index is 1.38. The van der Waals surface area contributed by atoms with Crippen molar-refractivity contribution in [1.82, 2.24) is 14.5 Å². The van der Waals surface area contributed by atoms with Gasteiger partial charge in [0.1, 0.15) is 5.75 Å². The van der Waals surface area contributed by atoms with Gasteiger partial charge in [-0.05, 0) is 55.5 Å². The number of hydrogen-bond donors (Lipinski definition) is 0. The monoisotopic (exact) mass is 458 g/mol. The summed E-state index contributed by atoms with van der Waals surface area (Å²) in [4.78, 5) is 11.2. The van der Waals surface area contributed by atoms with Crippen LogP contribution in [0.2, 0.25) is 0 Å². The molecule has 1 fully saturated rings. The van der Waals surface area contributed by atoms with Crippen molar-refractivity contribution in [3.8, 4) is 11.5 Å². The van der Waals surface area contributed by atoms with Crippen molar-refractivity contribution in [2.75, 3.05) is 18.0 Å². The van der Waals surface area contributed by atoms with Crippen LogP contribution in [0.3, 0.4) is 0 Å². The molecule has 0 radical (unpaired) electrons. The highest BCUT2D eigenvalue weighted by Gasteiger charge is 2.22. The summed E-state index contributed by atoms with van der Waals surface area (Å²) in [5, 5.41) is 0.